The van der Waals surface area contributed by atoms with Crippen LogP contribution in [0.3, 0.4) is 0 Å². The minimum Gasteiger partial charge on any atom is -0.340 e. The molecule has 0 saturated heterocycles. The summed E-state index contributed by atoms with van der Waals surface area (Å²) >= 11 is 0. The Kier molecular flexibility index (Phi) is 4.07. The number of aryl methyl sites for hydroxylation is 1. The standard InChI is InChI=1S/C13H16N2O/c1-10-5-4-6-12(7-10)13(16)15(3)9-11(2)8-14/h4-7,11H,9H2,1-3H3. The fourth-order valence-electron chi connectivity index (χ4n) is 1.53. The van der Waals surface area contributed by atoms with Crippen molar-refractivity contribution in [3.05, 3.63) is 35.4 Å². The monoisotopic (exact) mass is 216 g/mol. The number of nitrogens with zero attached hydrogens (tertiary/aromatic N) is 2. The first-order valence-corrected chi connectivity index (χ1v) is 5.26. The van der Waals surface area contributed by atoms with Gasteiger partial charge in [-0.25, -0.2) is 0 Å². The van der Waals surface area contributed by atoms with Gasteiger partial charge in [-0.1, -0.05) is 17.7 Å². The number of carbonyl (C=O) groups is 1. The zero-order valence-electron chi connectivity index (χ0n) is 9.90. The first kappa shape index (κ1) is 12.3. The summed E-state index contributed by atoms with van der Waals surface area (Å²) in [7, 11) is 1.72. The third-order valence-electron chi connectivity index (χ3n) is 2.38. The van der Waals surface area contributed by atoms with E-state index in [0.29, 0.717) is 12.1 Å². The van der Waals surface area contributed by atoms with E-state index in [1.54, 1.807) is 24.9 Å². The molecule has 0 bridgehead atoms. The minimum atomic E-state index is -0.140. The van der Waals surface area contributed by atoms with E-state index >= 15 is 0 Å². The van der Waals surface area contributed by atoms with Gasteiger partial charge in [0.05, 0.1) is 12.0 Å². The van der Waals surface area contributed by atoms with Crippen molar-refractivity contribution < 1.29 is 4.79 Å². The Balaban J connectivity index is 2.75. The van der Waals surface area contributed by atoms with Gasteiger partial charge in [0.25, 0.3) is 5.91 Å². The predicted octanol–water partition coefficient (Wildman–Crippen LogP) is 2.23. The highest BCUT2D eigenvalue weighted by Gasteiger charge is 2.13. The number of rotatable bonds is 3. The SMILES string of the molecule is Cc1cccc(C(=O)N(C)CC(C)C#N)c1. The van der Waals surface area contributed by atoms with E-state index in [1.165, 1.54) is 0 Å². The average Bonchev–Trinajstić information content (AvgIpc) is 2.27. The van der Waals surface area contributed by atoms with Crippen molar-refractivity contribution in [3.63, 3.8) is 0 Å². The highest BCUT2D eigenvalue weighted by molar-refractivity contribution is 5.94. The molecule has 16 heavy (non-hydrogen) atoms. The summed E-state index contributed by atoms with van der Waals surface area (Å²) < 4.78 is 0. The number of hydrogen-bond acceptors (Lipinski definition) is 2. The summed E-state index contributed by atoms with van der Waals surface area (Å²) in [5.41, 5.74) is 1.74. The van der Waals surface area contributed by atoms with Crippen molar-refractivity contribution in [2.45, 2.75) is 13.8 Å². The number of nitriles is 1. The van der Waals surface area contributed by atoms with Gasteiger partial charge in [-0.15, -0.1) is 0 Å². The molecule has 1 rings (SSSR count). The first-order chi connectivity index (χ1) is 7.54. The highest BCUT2D eigenvalue weighted by Crippen LogP contribution is 2.08. The van der Waals surface area contributed by atoms with Crippen molar-refractivity contribution in [2.24, 2.45) is 5.92 Å². The molecule has 0 aliphatic carbocycles. The molecule has 0 N–H and O–H groups in total. The van der Waals surface area contributed by atoms with E-state index in [0.717, 1.165) is 5.56 Å². The fraction of sp³-hybridized carbons (Fsp3) is 0.385. The molecule has 0 radical (unpaired) electrons. The smallest absolute Gasteiger partial charge is 0.253 e. The van der Waals surface area contributed by atoms with Gasteiger partial charge in [-0.2, -0.15) is 5.26 Å². The van der Waals surface area contributed by atoms with Gasteiger partial charge in [0.1, 0.15) is 0 Å². The molecule has 1 amide bonds. The van der Waals surface area contributed by atoms with Crippen LogP contribution in [0.2, 0.25) is 0 Å². The van der Waals surface area contributed by atoms with Crippen LogP contribution in [0.25, 0.3) is 0 Å². The van der Waals surface area contributed by atoms with E-state index in [9.17, 15) is 4.79 Å². The van der Waals surface area contributed by atoms with Crippen LogP contribution < -0.4 is 0 Å². The molecule has 3 heteroatoms. The van der Waals surface area contributed by atoms with Crippen molar-refractivity contribution in [2.75, 3.05) is 13.6 Å². The molecule has 1 aromatic rings. The maximum Gasteiger partial charge on any atom is 0.253 e. The highest BCUT2D eigenvalue weighted by atomic mass is 16.2. The maximum absolute atomic E-state index is 12.0. The molecule has 1 unspecified atom stereocenters. The third kappa shape index (κ3) is 3.09. The number of hydrogen-bond donors (Lipinski definition) is 0. The van der Waals surface area contributed by atoms with E-state index in [2.05, 4.69) is 6.07 Å². The van der Waals surface area contributed by atoms with Gasteiger partial charge in [-0.3, -0.25) is 4.79 Å². The predicted molar refractivity (Wildman–Crippen MR) is 62.9 cm³/mol. The van der Waals surface area contributed by atoms with E-state index < -0.39 is 0 Å². The van der Waals surface area contributed by atoms with Crippen LogP contribution in [0.1, 0.15) is 22.8 Å². The average molecular weight is 216 g/mol. The normalized spacial score (nSPS) is 11.6. The summed E-state index contributed by atoms with van der Waals surface area (Å²) in [4.78, 5) is 13.6. The van der Waals surface area contributed by atoms with Crippen LogP contribution >= 0.6 is 0 Å². The summed E-state index contributed by atoms with van der Waals surface area (Å²) in [5, 5.41) is 8.69. The van der Waals surface area contributed by atoms with Crippen LogP contribution in [0, 0.1) is 24.2 Å². The van der Waals surface area contributed by atoms with E-state index in [-0.39, 0.29) is 11.8 Å². The Labute approximate surface area is 96.3 Å². The molecule has 0 fully saturated rings. The Bertz CT molecular complexity index is 420. The van der Waals surface area contributed by atoms with Crippen LogP contribution in [-0.4, -0.2) is 24.4 Å². The van der Waals surface area contributed by atoms with Crippen molar-refractivity contribution in [1.29, 1.82) is 5.26 Å². The van der Waals surface area contributed by atoms with Gasteiger partial charge in [0.15, 0.2) is 0 Å². The Morgan fingerprint density at radius 3 is 2.81 bits per heavy atom. The molecule has 1 aromatic carbocycles. The Morgan fingerprint density at radius 2 is 2.25 bits per heavy atom. The summed E-state index contributed by atoms with van der Waals surface area (Å²) in [6.45, 7) is 4.22. The quantitative estimate of drug-likeness (QED) is 0.777. The van der Waals surface area contributed by atoms with Gasteiger partial charge in [0, 0.05) is 19.2 Å². The van der Waals surface area contributed by atoms with Crippen LogP contribution in [-0.2, 0) is 0 Å². The second-order valence-electron chi connectivity index (χ2n) is 4.09. The summed E-state index contributed by atoms with van der Waals surface area (Å²) in [5.74, 6) is -0.176. The summed E-state index contributed by atoms with van der Waals surface area (Å²) in [6, 6.07) is 9.59. The van der Waals surface area contributed by atoms with Crippen molar-refractivity contribution in [1.82, 2.24) is 4.90 Å². The molecule has 0 saturated carbocycles. The maximum atomic E-state index is 12.0. The molecular weight excluding hydrogens is 200 g/mol. The second kappa shape index (κ2) is 5.32. The lowest BCUT2D eigenvalue weighted by molar-refractivity contribution is 0.0785. The molecule has 3 nitrogen and oxygen atoms in total. The molecule has 84 valence electrons. The minimum absolute atomic E-state index is 0.0363. The fourth-order valence-corrected chi connectivity index (χ4v) is 1.53. The lowest BCUT2D eigenvalue weighted by Crippen LogP contribution is -2.30. The third-order valence-corrected chi connectivity index (χ3v) is 2.38. The van der Waals surface area contributed by atoms with Crippen molar-refractivity contribution in [3.8, 4) is 6.07 Å². The second-order valence-corrected chi connectivity index (χ2v) is 4.09. The topological polar surface area (TPSA) is 44.1 Å². The zero-order chi connectivity index (χ0) is 12.1. The van der Waals surface area contributed by atoms with E-state index in [1.807, 2.05) is 25.1 Å². The van der Waals surface area contributed by atoms with Gasteiger partial charge in [0.2, 0.25) is 0 Å². The number of benzene rings is 1. The molecule has 0 aliphatic heterocycles. The van der Waals surface area contributed by atoms with Crippen LogP contribution in [0.15, 0.2) is 24.3 Å². The Morgan fingerprint density at radius 1 is 1.56 bits per heavy atom. The lowest BCUT2D eigenvalue weighted by atomic mass is 10.1. The van der Waals surface area contributed by atoms with Crippen LogP contribution in [0.5, 0.6) is 0 Å². The Hall–Kier alpha value is -1.82. The van der Waals surface area contributed by atoms with E-state index in [4.69, 9.17) is 5.26 Å². The lowest BCUT2D eigenvalue weighted by Gasteiger charge is -2.18. The molecule has 0 aliphatic rings. The molecule has 1 atom stereocenters. The number of amides is 1. The van der Waals surface area contributed by atoms with Gasteiger partial charge >= 0.3 is 0 Å². The molecule has 0 aromatic heterocycles. The summed E-state index contributed by atoms with van der Waals surface area (Å²) in [6.07, 6.45) is 0. The molecule has 0 heterocycles. The molecule has 0 spiro atoms. The van der Waals surface area contributed by atoms with Crippen molar-refractivity contribution >= 4 is 5.91 Å². The molecular formula is C13H16N2O. The number of carbonyl (C=O) groups excluding carboxylic acids is 1. The largest absolute Gasteiger partial charge is 0.340 e. The first-order valence-electron chi connectivity index (χ1n) is 5.26. The zero-order valence-corrected chi connectivity index (χ0v) is 9.90. The van der Waals surface area contributed by atoms with Crippen LogP contribution in [0.4, 0.5) is 0 Å². The van der Waals surface area contributed by atoms with Gasteiger partial charge < -0.3 is 4.90 Å². The van der Waals surface area contributed by atoms with Gasteiger partial charge in [-0.05, 0) is 26.0 Å².